The number of aromatic nitrogens is 2. The fraction of sp³-hybridized carbons (Fsp3) is 0.857. The Morgan fingerprint density at radius 1 is 1.29 bits per heavy atom. The molecule has 136 valence electrons. The fourth-order valence-corrected chi connectivity index (χ4v) is 4.69. The van der Waals surface area contributed by atoms with Crippen LogP contribution in [0.25, 0.3) is 0 Å². The van der Waals surface area contributed by atoms with Gasteiger partial charge in [-0.1, -0.05) is 5.16 Å². The Labute approximate surface area is 142 Å². The van der Waals surface area contributed by atoms with E-state index in [1.807, 2.05) is 0 Å². The van der Waals surface area contributed by atoms with Gasteiger partial charge in [0.25, 0.3) is 10.2 Å². The van der Waals surface area contributed by atoms with Crippen molar-refractivity contribution in [2.75, 3.05) is 40.8 Å². The molecule has 3 saturated heterocycles. The highest BCUT2D eigenvalue weighted by molar-refractivity contribution is 7.86. The van der Waals surface area contributed by atoms with Gasteiger partial charge in [0.2, 0.25) is 5.89 Å². The maximum absolute atomic E-state index is 12.5. The average Bonchev–Trinajstić information content (AvgIpc) is 2.77. The van der Waals surface area contributed by atoms with Gasteiger partial charge in [0, 0.05) is 46.9 Å². The lowest BCUT2D eigenvalue weighted by atomic mass is 9.95. The van der Waals surface area contributed by atoms with E-state index in [9.17, 15) is 8.42 Å². The molecule has 4 heterocycles. The topological polar surface area (TPSA) is 92.0 Å². The number of nitrogens with zero attached hydrogens (tertiary/aromatic N) is 5. The average molecular weight is 359 g/mol. The van der Waals surface area contributed by atoms with Crippen molar-refractivity contribution in [3.63, 3.8) is 0 Å². The Hall–Kier alpha value is -1.07. The first kappa shape index (κ1) is 17.7. The Kier molecular flexibility index (Phi) is 5.21. The third-order valence-corrected chi connectivity index (χ3v) is 6.58. The molecule has 4 rings (SSSR count). The zero-order valence-corrected chi connectivity index (χ0v) is 15.2. The lowest BCUT2D eigenvalue weighted by Crippen LogP contribution is -2.45. The number of hydrogen-bond acceptors (Lipinski definition) is 7. The van der Waals surface area contributed by atoms with Gasteiger partial charge in [-0.2, -0.15) is 22.0 Å². The molecular weight excluding hydrogens is 334 g/mol. The molecule has 0 saturated carbocycles. The van der Waals surface area contributed by atoms with Gasteiger partial charge < -0.3 is 9.26 Å². The Morgan fingerprint density at radius 2 is 2.08 bits per heavy atom. The maximum atomic E-state index is 12.5. The van der Waals surface area contributed by atoms with Crippen molar-refractivity contribution >= 4 is 10.2 Å². The Bertz CT molecular complexity index is 662. The number of hydrogen-bond donors (Lipinski definition) is 0. The molecule has 1 aromatic rings. The predicted molar refractivity (Wildman–Crippen MR) is 86.1 cm³/mol. The second-order valence-corrected chi connectivity index (χ2v) is 8.81. The number of piperidine rings is 1. The van der Waals surface area contributed by atoms with Gasteiger partial charge in [-0.15, -0.1) is 0 Å². The summed E-state index contributed by atoms with van der Waals surface area (Å²) >= 11 is 0. The zero-order chi connectivity index (χ0) is 17.3. The van der Waals surface area contributed by atoms with Crippen LogP contribution in [0.5, 0.6) is 0 Å². The van der Waals surface area contributed by atoms with Crippen LogP contribution in [-0.2, 0) is 28.1 Å². The second kappa shape index (κ2) is 7.04. The van der Waals surface area contributed by atoms with E-state index in [1.54, 1.807) is 25.5 Å². The van der Waals surface area contributed by atoms with Crippen molar-refractivity contribution < 1.29 is 17.7 Å². The van der Waals surface area contributed by atoms with Gasteiger partial charge in [0.15, 0.2) is 5.82 Å². The highest BCUT2D eigenvalue weighted by atomic mass is 32.2. The quantitative estimate of drug-likeness (QED) is 0.701. The minimum Gasteiger partial charge on any atom is -0.377 e. The zero-order valence-electron chi connectivity index (χ0n) is 14.4. The van der Waals surface area contributed by atoms with E-state index in [2.05, 4.69) is 15.0 Å². The van der Waals surface area contributed by atoms with Crippen LogP contribution in [0, 0.1) is 5.92 Å². The molecule has 2 bridgehead atoms. The third-order valence-electron chi connectivity index (χ3n) is 4.70. The SMILES string of the molecule is COCc1noc(CN2C[C@@H]3CC[C@H]2CN(S(=O)(=O)N(C)C)C3)n1. The summed E-state index contributed by atoms with van der Waals surface area (Å²) in [6.07, 6.45) is 2.04. The van der Waals surface area contributed by atoms with E-state index in [0.717, 1.165) is 19.4 Å². The molecule has 3 aliphatic heterocycles. The molecular formula is C14H25N5O4S. The van der Waals surface area contributed by atoms with Gasteiger partial charge in [0.05, 0.1) is 6.54 Å². The molecule has 1 aromatic heterocycles. The molecule has 0 radical (unpaired) electrons. The van der Waals surface area contributed by atoms with Crippen LogP contribution < -0.4 is 0 Å². The van der Waals surface area contributed by atoms with E-state index >= 15 is 0 Å². The molecule has 9 nitrogen and oxygen atoms in total. The summed E-state index contributed by atoms with van der Waals surface area (Å²) in [6.45, 7) is 2.81. The predicted octanol–water partition coefficient (Wildman–Crippen LogP) is -0.0814. The normalized spacial score (nSPS) is 26.2. The molecule has 0 amide bonds. The fourth-order valence-electron chi connectivity index (χ4n) is 3.46. The molecule has 0 aliphatic carbocycles. The van der Waals surface area contributed by atoms with Gasteiger partial charge in [-0.3, -0.25) is 4.90 Å². The first-order chi connectivity index (χ1) is 11.4. The number of fused-ring (bicyclic) bond motifs is 4. The lowest BCUT2D eigenvalue weighted by molar-refractivity contribution is 0.111. The van der Waals surface area contributed by atoms with Crippen molar-refractivity contribution in [2.24, 2.45) is 5.92 Å². The third kappa shape index (κ3) is 3.62. The first-order valence-electron chi connectivity index (χ1n) is 8.12. The smallest absolute Gasteiger partial charge is 0.281 e. The van der Waals surface area contributed by atoms with E-state index in [4.69, 9.17) is 9.26 Å². The van der Waals surface area contributed by atoms with Crippen LogP contribution in [-0.4, -0.2) is 79.0 Å². The van der Waals surface area contributed by atoms with Crippen molar-refractivity contribution in [1.29, 1.82) is 0 Å². The monoisotopic (exact) mass is 359 g/mol. The van der Waals surface area contributed by atoms with Crippen LogP contribution in [0.1, 0.15) is 24.6 Å². The van der Waals surface area contributed by atoms with E-state index in [-0.39, 0.29) is 6.04 Å². The lowest BCUT2D eigenvalue weighted by Gasteiger charge is -2.34. The maximum Gasteiger partial charge on any atom is 0.281 e. The molecule has 10 heteroatoms. The van der Waals surface area contributed by atoms with Crippen molar-refractivity contribution in [2.45, 2.75) is 32.0 Å². The Balaban J connectivity index is 1.71. The summed E-state index contributed by atoms with van der Waals surface area (Å²) in [4.78, 5) is 6.59. The van der Waals surface area contributed by atoms with Gasteiger partial charge >= 0.3 is 0 Å². The number of ether oxygens (including phenoxy) is 1. The Morgan fingerprint density at radius 3 is 2.79 bits per heavy atom. The minimum absolute atomic E-state index is 0.177. The molecule has 0 spiro atoms. The highest BCUT2D eigenvalue weighted by Crippen LogP contribution is 2.30. The number of rotatable bonds is 6. The summed E-state index contributed by atoms with van der Waals surface area (Å²) in [5.74, 6) is 1.42. The van der Waals surface area contributed by atoms with Crippen LogP contribution in [0.2, 0.25) is 0 Å². The van der Waals surface area contributed by atoms with E-state index in [1.165, 1.54) is 4.31 Å². The van der Waals surface area contributed by atoms with Crippen LogP contribution in [0.3, 0.4) is 0 Å². The summed E-state index contributed by atoms with van der Waals surface area (Å²) in [5.41, 5.74) is 0. The summed E-state index contributed by atoms with van der Waals surface area (Å²) in [7, 11) is 1.37. The van der Waals surface area contributed by atoms with Crippen LogP contribution in [0.15, 0.2) is 4.52 Å². The van der Waals surface area contributed by atoms with Crippen LogP contribution in [0.4, 0.5) is 0 Å². The molecule has 0 N–H and O–H groups in total. The van der Waals surface area contributed by atoms with Crippen molar-refractivity contribution in [3.05, 3.63) is 11.7 Å². The largest absolute Gasteiger partial charge is 0.377 e. The highest BCUT2D eigenvalue weighted by Gasteiger charge is 2.40. The first-order valence-corrected chi connectivity index (χ1v) is 9.52. The standard InChI is InChI=1S/C14H25N5O4S/c1-17(2)24(20,21)19-7-11-4-5-12(8-19)18(6-11)9-14-15-13(10-22-3)16-23-14/h11-12H,4-10H2,1-3H3/t11-,12-/m0/s1. The van der Waals surface area contributed by atoms with Gasteiger partial charge in [0.1, 0.15) is 6.61 Å². The molecule has 3 aliphatic rings. The van der Waals surface area contributed by atoms with Gasteiger partial charge in [-0.25, -0.2) is 0 Å². The molecule has 2 atom stereocenters. The van der Waals surface area contributed by atoms with Crippen LogP contribution >= 0.6 is 0 Å². The van der Waals surface area contributed by atoms with Crippen molar-refractivity contribution in [3.8, 4) is 0 Å². The summed E-state index contributed by atoms with van der Waals surface area (Å²) in [5, 5.41) is 3.88. The number of methoxy groups -OCH3 is 1. The molecule has 0 unspecified atom stereocenters. The minimum atomic E-state index is -3.38. The summed E-state index contributed by atoms with van der Waals surface area (Å²) < 4.78 is 38.1. The van der Waals surface area contributed by atoms with Gasteiger partial charge in [-0.05, 0) is 18.8 Å². The van der Waals surface area contributed by atoms with Crippen molar-refractivity contribution in [1.82, 2.24) is 23.7 Å². The molecule has 3 fully saturated rings. The van der Waals surface area contributed by atoms with E-state index in [0.29, 0.717) is 43.9 Å². The molecule has 24 heavy (non-hydrogen) atoms. The summed E-state index contributed by atoms with van der Waals surface area (Å²) in [6, 6.07) is 0.177. The second-order valence-electron chi connectivity index (χ2n) is 6.67. The molecule has 0 aromatic carbocycles. The van der Waals surface area contributed by atoms with E-state index < -0.39 is 10.2 Å².